The zero-order chi connectivity index (χ0) is 12.3. The van der Waals surface area contributed by atoms with Gasteiger partial charge in [0.1, 0.15) is 0 Å². The second kappa shape index (κ2) is 5.52. The Balaban J connectivity index is 1.95. The van der Waals surface area contributed by atoms with Gasteiger partial charge >= 0.3 is 0 Å². The lowest BCUT2D eigenvalue weighted by molar-refractivity contribution is 0.132. The van der Waals surface area contributed by atoms with Crippen molar-refractivity contribution in [3.05, 3.63) is 29.3 Å². The summed E-state index contributed by atoms with van der Waals surface area (Å²) in [5, 5.41) is 0. The molecule has 0 amide bonds. The summed E-state index contributed by atoms with van der Waals surface area (Å²) in [6, 6.07) is 6.21. The lowest BCUT2D eigenvalue weighted by Gasteiger charge is -2.34. The molecule has 0 aromatic heterocycles. The number of benzene rings is 1. The summed E-state index contributed by atoms with van der Waals surface area (Å²) in [6.07, 6.45) is 0. The molecule has 1 saturated heterocycles. The monoisotopic (exact) mass is 233 g/mol. The van der Waals surface area contributed by atoms with E-state index >= 15 is 0 Å². The highest BCUT2D eigenvalue weighted by Gasteiger charge is 2.15. The first-order valence-electron chi connectivity index (χ1n) is 6.48. The van der Waals surface area contributed by atoms with Crippen molar-refractivity contribution in [2.24, 2.45) is 0 Å². The van der Waals surface area contributed by atoms with E-state index in [1.807, 2.05) is 6.07 Å². The van der Waals surface area contributed by atoms with E-state index in [4.69, 9.17) is 5.73 Å². The van der Waals surface area contributed by atoms with Crippen LogP contribution in [0.1, 0.15) is 18.1 Å². The highest BCUT2D eigenvalue weighted by atomic mass is 15.3. The van der Waals surface area contributed by atoms with Gasteiger partial charge in [-0.25, -0.2) is 0 Å². The van der Waals surface area contributed by atoms with Crippen LogP contribution in [0, 0.1) is 6.92 Å². The van der Waals surface area contributed by atoms with E-state index < -0.39 is 0 Å². The lowest BCUT2D eigenvalue weighted by Crippen LogP contribution is -2.45. The standard InChI is InChI=1S/C14H23N3/c1-3-16-6-8-17(9-7-16)11-13-10-14(15)5-4-12(13)2/h4-5,10H,3,6-9,11,15H2,1-2H3. The zero-order valence-electron chi connectivity index (χ0n) is 10.9. The third kappa shape index (κ3) is 3.20. The molecule has 0 aliphatic carbocycles. The van der Waals surface area contributed by atoms with Crippen LogP contribution < -0.4 is 5.73 Å². The van der Waals surface area contributed by atoms with Gasteiger partial charge in [-0.3, -0.25) is 4.90 Å². The first-order valence-corrected chi connectivity index (χ1v) is 6.48. The Labute approximate surface area is 104 Å². The molecule has 0 saturated carbocycles. The van der Waals surface area contributed by atoms with Gasteiger partial charge in [-0.05, 0) is 36.7 Å². The molecule has 1 aromatic carbocycles. The number of piperazine rings is 1. The molecule has 0 radical (unpaired) electrons. The van der Waals surface area contributed by atoms with E-state index in [-0.39, 0.29) is 0 Å². The topological polar surface area (TPSA) is 32.5 Å². The van der Waals surface area contributed by atoms with Crippen LogP contribution in [-0.2, 0) is 6.54 Å². The van der Waals surface area contributed by atoms with Crippen molar-refractivity contribution in [2.45, 2.75) is 20.4 Å². The Morgan fingerprint density at radius 1 is 1.12 bits per heavy atom. The zero-order valence-corrected chi connectivity index (χ0v) is 10.9. The van der Waals surface area contributed by atoms with E-state index in [0.29, 0.717) is 0 Å². The van der Waals surface area contributed by atoms with Gasteiger partial charge in [0.05, 0.1) is 0 Å². The fraction of sp³-hybridized carbons (Fsp3) is 0.571. The van der Waals surface area contributed by atoms with Crippen LogP contribution in [0.5, 0.6) is 0 Å². The maximum atomic E-state index is 5.85. The number of aryl methyl sites for hydroxylation is 1. The third-order valence-electron chi connectivity index (χ3n) is 3.68. The van der Waals surface area contributed by atoms with Crippen molar-refractivity contribution < 1.29 is 0 Å². The van der Waals surface area contributed by atoms with Crippen molar-refractivity contribution in [1.82, 2.24) is 9.80 Å². The second-order valence-corrected chi connectivity index (χ2v) is 4.90. The molecule has 1 heterocycles. The molecule has 1 aromatic rings. The molecule has 3 heteroatoms. The summed E-state index contributed by atoms with van der Waals surface area (Å²) >= 11 is 0. The van der Waals surface area contributed by atoms with E-state index in [1.165, 1.54) is 43.9 Å². The summed E-state index contributed by atoms with van der Waals surface area (Å²) in [5.41, 5.74) is 9.44. The van der Waals surface area contributed by atoms with Gasteiger partial charge in [0, 0.05) is 38.4 Å². The average Bonchev–Trinajstić information content (AvgIpc) is 2.35. The van der Waals surface area contributed by atoms with Crippen LogP contribution in [0.2, 0.25) is 0 Å². The Kier molecular flexibility index (Phi) is 4.02. The molecule has 1 aliphatic heterocycles. The predicted molar refractivity (Wildman–Crippen MR) is 73.0 cm³/mol. The summed E-state index contributed by atoms with van der Waals surface area (Å²) in [6.45, 7) is 11.3. The van der Waals surface area contributed by atoms with E-state index in [0.717, 1.165) is 12.2 Å². The first kappa shape index (κ1) is 12.4. The molecule has 2 rings (SSSR count). The first-order chi connectivity index (χ1) is 8.19. The van der Waals surface area contributed by atoms with Crippen LogP contribution in [0.3, 0.4) is 0 Å². The van der Waals surface area contributed by atoms with Crippen LogP contribution in [0.25, 0.3) is 0 Å². The SMILES string of the molecule is CCN1CCN(Cc2cc(N)ccc2C)CC1. The smallest absolute Gasteiger partial charge is 0.0317 e. The molecule has 17 heavy (non-hydrogen) atoms. The minimum absolute atomic E-state index is 0.873. The maximum Gasteiger partial charge on any atom is 0.0317 e. The largest absolute Gasteiger partial charge is 0.399 e. The quantitative estimate of drug-likeness (QED) is 0.807. The van der Waals surface area contributed by atoms with Crippen LogP contribution >= 0.6 is 0 Å². The molecular formula is C14H23N3. The van der Waals surface area contributed by atoms with Gasteiger partial charge in [0.25, 0.3) is 0 Å². The van der Waals surface area contributed by atoms with Gasteiger partial charge in [0.15, 0.2) is 0 Å². The van der Waals surface area contributed by atoms with Crippen LogP contribution in [-0.4, -0.2) is 42.5 Å². The molecule has 3 nitrogen and oxygen atoms in total. The molecule has 0 atom stereocenters. The molecule has 1 aliphatic rings. The Hall–Kier alpha value is -1.06. The number of likely N-dealkylation sites (N-methyl/N-ethyl adjacent to an activating group) is 1. The van der Waals surface area contributed by atoms with Gasteiger partial charge in [-0.15, -0.1) is 0 Å². The number of anilines is 1. The molecule has 0 bridgehead atoms. The maximum absolute atomic E-state index is 5.85. The number of hydrogen-bond acceptors (Lipinski definition) is 3. The van der Waals surface area contributed by atoms with Gasteiger partial charge in [0.2, 0.25) is 0 Å². The van der Waals surface area contributed by atoms with E-state index in [9.17, 15) is 0 Å². The van der Waals surface area contributed by atoms with Crippen molar-refractivity contribution in [1.29, 1.82) is 0 Å². The normalized spacial score (nSPS) is 18.5. The summed E-state index contributed by atoms with van der Waals surface area (Å²) in [5.74, 6) is 0. The van der Waals surface area contributed by atoms with Gasteiger partial charge in [-0.1, -0.05) is 13.0 Å². The molecule has 0 unspecified atom stereocenters. The molecule has 94 valence electrons. The van der Waals surface area contributed by atoms with Gasteiger partial charge < -0.3 is 10.6 Å². The van der Waals surface area contributed by atoms with E-state index in [1.54, 1.807) is 0 Å². The molecule has 0 spiro atoms. The highest BCUT2D eigenvalue weighted by molar-refractivity contribution is 5.44. The second-order valence-electron chi connectivity index (χ2n) is 4.90. The molecule has 1 fully saturated rings. The fourth-order valence-corrected chi connectivity index (χ4v) is 2.37. The Morgan fingerprint density at radius 2 is 1.76 bits per heavy atom. The summed E-state index contributed by atoms with van der Waals surface area (Å²) < 4.78 is 0. The third-order valence-corrected chi connectivity index (χ3v) is 3.68. The number of nitrogens with zero attached hydrogens (tertiary/aromatic N) is 2. The highest BCUT2D eigenvalue weighted by Crippen LogP contribution is 2.16. The van der Waals surface area contributed by atoms with Crippen molar-refractivity contribution in [3.8, 4) is 0 Å². The number of rotatable bonds is 3. The number of nitrogens with two attached hydrogens (primary N) is 1. The van der Waals surface area contributed by atoms with Crippen molar-refractivity contribution in [3.63, 3.8) is 0 Å². The lowest BCUT2D eigenvalue weighted by atomic mass is 10.1. The van der Waals surface area contributed by atoms with Crippen LogP contribution in [0.4, 0.5) is 5.69 Å². The predicted octanol–water partition coefficient (Wildman–Crippen LogP) is 1.71. The molecule has 2 N–H and O–H groups in total. The summed E-state index contributed by atoms with van der Waals surface area (Å²) in [4.78, 5) is 5.02. The van der Waals surface area contributed by atoms with Crippen molar-refractivity contribution >= 4 is 5.69 Å². The Morgan fingerprint density at radius 3 is 2.41 bits per heavy atom. The average molecular weight is 233 g/mol. The fourth-order valence-electron chi connectivity index (χ4n) is 2.37. The van der Waals surface area contributed by atoms with Crippen LogP contribution in [0.15, 0.2) is 18.2 Å². The number of nitrogen functional groups attached to an aromatic ring is 1. The minimum Gasteiger partial charge on any atom is -0.399 e. The van der Waals surface area contributed by atoms with E-state index in [2.05, 4.69) is 35.8 Å². The minimum atomic E-state index is 0.873. The van der Waals surface area contributed by atoms with Gasteiger partial charge in [-0.2, -0.15) is 0 Å². The summed E-state index contributed by atoms with van der Waals surface area (Å²) in [7, 11) is 0. The Bertz CT molecular complexity index is 368. The molecular weight excluding hydrogens is 210 g/mol. The van der Waals surface area contributed by atoms with Crippen molar-refractivity contribution in [2.75, 3.05) is 38.5 Å². The number of hydrogen-bond donors (Lipinski definition) is 1.